The maximum Gasteiger partial charge on any atom is 0.409 e. The van der Waals surface area contributed by atoms with E-state index < -0.39 is 5.97 Å². The van der Waals surface area contributed by atoms with E-state index in [4.69, 9.17) is 9.47 Å². The summed E-state index contributed by atoms with van der Waals surface area (Å²) in [5.41, 5.74) is 2.12. The van der Waals surface area contributed by atoms with Crippen LogP contribution >= 0.6 is 15.9 Å². The number of fused-ring (bicyclic) bond motifs is 1. The van der Waals surface area contributed by atoms with E-state index in [0.29, 0.717) is 54.8 Å². The van der Waals surface area contributed by atoms with Crippen molar-refractivity contribution in [2.24, 2.45) is 7.05 Å². The summed E-state index contributed by atoms with van der Waals surface area (Å²) in [6.07, 6.45) is -0.288. The molecule has 1 aliphatic heterocycles. The van der Waals surface area contributed by atoms with Crippen LogP contribution in [0.15, 0.2) is 16.6 Å². The number of amides is 1. The lowest BCUT2D eigenvalue weighted by atomic mass is 10.1. The molecule has 29 heavy (non-hydrogen) atoms. The molecule has 0 saturated carbocycles. The summed E-state index contributed by atoms with van der Waals surface area (Å²) >= 11 is 3.34. The first-order valence-corrected chi connectivity index (χ1v) is 10.5. The summed E-state index contributed by atoms with van der Waals surface area (Å²) in [6.45, 7) is 7.24. The van der Waals surface area contributed by atoms with Gasteiger partial charge in [0.05, 0.1) is 28.8 Å². The number of nitrogens with zero attached hydrogens (tertiary/aromatic N) is 3. The van der Waals surface area contributed by atoms with Crippen molar-refractivity contribution in [2.75, 3.05) is 39.4 Å². The van der Waals surface area contributed by atoms with Crippen LogP contribution in [0.1, 0.15) is 29.9 Å². The fourth-order valence-corrected chi connectivity index (χ4v) is 3.96. The Morgan fingerprint density at radius 3 is 2.38 bits per heavy atom. The Labute approximate surface area is 178 Å². The average Bonchev–Trinajstić information content (AvgIpc) is 2.94. The summed E-state index contributed by atoms with van der Waals surface area (Å²) in [5.74, 6) is -0.330. The molecule has 0 atom stereocenters. The van der Waals surface area contributed by atoms with Crippen molar-refractivity contribution in [1.29, 1.82) is 0 Å². The van der Waals surface area contributed by atoms with E-state index in [0.717, 1.165) is 11.2 Å². The molecule has 0 unspecified atom stereocenters. The molecule has 0 aliphatic carbocycles. The zero-order chi connectivity index (χ0) is 21.1. The topological polar surface area (TPSA) is 84.2 Å². The monoisotopic (exact) mass is 467 g/mol. The lowest BCUT2D eigenvalue weighted by Gasteiger charge is -2.34. The van der Waals surface area contributed by atoms with Crippen molar-refractivity contribution in [1.82, 2.24) is 14.4 Å². The molecule has 1 N–H and O–H groups in total. The largest absolute Gasteiger partial charge is 0.507 e. The van der Waals surface area contributed by atoms with Gasteiger partial charge >= 0.3 is 12.1 Å². The zero-order valence-corrected chi connectivity index (χ0v) is 18.5. The van der Waals surface area contributed by atoms with E-state index in [-0.39, 0.29) is 18.4 Å². The molecule has 0 radical (unpaired) electrons. The molecule has 9 heteroatoms. The second kappa shape index (κ2) is 9.04. The van der Waals surface area contributed by atoms with Crippen LogP contribution in [-0.4, -0.2) is 70.9 Å². The van der Waals surface area contributed by atoms with Gasteiger partial charge in [-0.3, -0.25) is 4.90 Å². The number of ether oxygens (including phenoxy) is 2. The van der Waals surface area contributed by atoms with E-state index in [1.807, 2.05) is 11.6 Å². The molecule has 1 saturated heterocycles. The number of halogens is 1. The van der Waals surface area contributed by atoms with Crippen molar-refractivity contribution in [3.8, 4) is 5.75 Å². The summed E-state index contributed by atoms with van der Waals surface area (Å²) in [5, 5.41) is 10.8. The molecule has 0 bridgehead atoms. The van der Waals surface area contributed by atoms with Crippen LogP contribution in [0.2, 0.25) is 0 Å². The van der Waals surface area contributed by atoms with Crippen LogP contribution in [0.25, 0.3) is 10.9 Å². The highest BCUT2D eigenvalue weighted by molar-refractivity contribution is 9.10. The van der Waals surface area contributed by atoms with Crippen molar-refractivity contribution in [3.63, 3.8) is 0 Å². The predicted molar refractivity (Wildman–Crippen MR) is 112 cm³/mol. The minimum absolute atomic E-state index is 0.0725. The van der Waals surface area contributed by atoms with Gasteiger partial charge in [-0.2, -0.15) is 0 Å². The van der Waals surface area contributed by atoms with Gasteiger partial charge in [-0.15, -0.1) is 0 Å². The minimum Gasteiger partial charge on any atom is -0.507 e. The summed E-state index contributed by atoms with van der Waals surface area (Å²) in [4.78, 5) is 28.5. The fraction of sp³-hybridized carbons (Fsp3) is 0.500. The summed E-state index contributed by atoms with van der Waals surface area (Å²) in [6, 6.07) is 3.39. The number of piperazine rings is 1. The Hall–Kier alpha value is -2.26. The third-order valence-corrected chi connectivity index (χ3v) is 5.78. The molecule has 2 heterocycles. The molecule has 1 aliphatic rings. The number of phenolic OH excluding ortho intramolecular Hbond substituents is 1. The van der Waals surface area contributed by atoms with E-state index in [2.05, 4.69) is 20.8 Å². The van der Waals surface area contributed by atoms with E-state index >= 15 is 0 Å². The third kappa shape index (κ3) is 4.35. The molecule has 0 spiro atoms. The SMILES string of the molecule is CCOC(=O)c1c(CN2CCN(C(=O)OCC)CC2)n(C)c2cc(Br)c(O)cc12. The van der Waals surface area contributed by atoms with Crippen molar-refractivity contribution in [3.05, 3.63) is 27.9 Å². The van der Waals surface area contributed by atoms with Crippen LogP contribution in [0.5, 0.6) is 5.75 Å². The Morgan fingerprint density at radius 2 is 1.76 bits per heavy atom. The van der Waals surface area contributed by atoms with Crippen LogP contribution in [-0.2, 0) is 23.1 Å². The molecule has 1 aromatic heterocycles. The molecule has 158 valence electrons. The van der Waals surface area contributed by atoms with E-state index in [9.17, 15) is 14.7 Å². The van der Waals surface area contributed by atoms with Gasteiger partial charge in [0.15, 0.2) is 0 Å². The Bertz CT molecular complexity index is 919. The normalized spacial score (nSPS) is 15.0. The van der Waals surface area contributed by atoms with E-state index in [1.165, 1.54) is 0 Å². The number of hydrogen-bond donors (Lipinski definition) is 1. The van der Waals surface area contributed by atoms with Gasteiger partial charge in [-0.25, -0.2) is 9.59 Å². The predicted octanol–water partition coefficient (Wildman–Crippen LogP) is 3.10. The first-order chi connectivity index (χ1) is 13.9. The number of aromatic nitrogens is 1. The molecule has 1 amide bonds. The fourth-order valence-electron chi connectivity index (χ4n) is 3.63. The minimum atomic E-state index is -0.403. The summed E-state index contributed by atoms with van der Waals surface area (Å²) < 4.78 is 12.9. The van der Waals surface area contributed by atoms with Crippen molar-refractivity contribution in [2.45, 2.75) is 20.4 Å². The zero-order valence-electron chi connectivity index (χ0n) is 16.9. The summed E-state index contributed by atoms with van der Waals surface area (Å²) in [7, 11) is 1.90. The average molecular weight is 468 g/mol. The third-order valence-electron chi connectivity index (χ3n) is 5.14. The number of aromatic hydroxyl groups is 1. The number of benzene rings is 1. The Balaban J connectivity index is 1.89. The van der Waals surface area contributed by atoms with Gasteiger partial charge in [0.2, 0.25) is 0 Å². The van der Waals surface area contributed by atoms with Gasteiger partial charge in [0.25, 0.3) is 0 Å². The lowest BCUT2D eigenvalue weighted by molar-refractivity contribution is 0.0524. The number of carbonyl (C=O) groups excluding carboxylic acids is 2. The van der Waals surface area contributed by atoms with Crippen molar-refractivity contribution >= 4 is 38.9 Å². The second-order valence-electron chi connectivity index (χ2n) is 6.88. The van der Waals surface area contributed by atoms with Gasteiger partial charge in [0.1, 0.15) is 5.75 Å². The van der Waals surface area contributed by atoms with Crippen LogP contribution in [0.4, 0.5) is 4.79 Å². The number of aryl methyl sites for hydroxylation is 1. The standard InChI is InChI=1S/C20H26BrN3O5/c1-4-28-19(26)18-13-10-17(25)14(21)11-15(13)22(3)16(18)12-23-6-8-24(9-7-23)20(27)29-5-2/h10-11,25H,4-9,12H2,1-3H3. The number of carbonyl (C=O) groups is 2. The molecule has 8 nitrogen and oxygen atoms in total. The Morgan fingerprint density at radius 1 is 1.10 bits per heavy atom. The van der Waals surface area contributed by atoms with Crippen LogP contribution in [0.3, 0.4) is 0 Å². The number of phenols is 1. The first-order valence-electron chi connectivity index (χ1n) is 9.68. The van der Waals surface area contributed by atoms with Gasteiger partial charge < -0.3 is 24.0 Å². The highest BCUT2D eigenvalue weighted by Crippen LogP contribution is 2.35. The van der Waals surface area contributed by atoms with E-state index in [1.54, 1.807) is 30.9 Å². The molecule has 3 rings (SSSR count). The molecule has 1 aromatic carbocycles. The molecule has 2 aromatic rings. The second-order valence-corrected chi connectivity index (χ2v) is 7.74. The van der Waals surface area contributed by atoms with Gasteiger partial charge in [-0.05, 0) is 41.9 Å². The van der Waals surface area contributed by atoms with Crippen LogP contribution < -0.4 is 0 Å². The first kappa shape index (κ1) is 21.4. The molecular formula is C20H26BrN3O5. The number of hydrogen-bond acceptors (Lipinski definition) is 6. The highest BCUT2D eigenvalue weighted by atomic mass is 79.9. The Kier molecular flexibility index (Phi) is 6.69. The maximum absolute atomic E-state index is 12.7. The smallest absolute Gasteiger partial charge is 0.409 e. The lowest BCUT2D eigenvalue weighted by Crippen LogP contribution is -2.48. The number of rotatable bonds is 5. The number of esters is 1. The highest BCUT2D eigenvalue weighted by Gasteiger charge is 2.27. The van der Waals surface area contributed by atoms with Crippen LogP contribution in [0, 0.1) is 0 Å². The molecular weight excluding hydrogens is 442 g/mol. The van der Waals surface area contributed by atoms with Crippen molar-refractivity contribution < 1.29 is 24.2 Å². The van der Waals surface area contributed by atoms with Gasteiger partial charge in [-0.1, -0.05) is 0 Å². The molecule has 1 fully saturated rings. The quantitative estimate of drug-likeness (QED) is 0.680. The maximum atomic E-state index is 12.7. The van der Waals surface area contributed by atoms with Gasteiger partial charge in [0, 0.05) is 50.9 Å².